The first kappa shape index (κ1) is 13.3. The van der Waals surface area contributed by atoms with Crippen molar-refractivity contribution >= 4 is 22.9 Å². The second-order valence-electron chi connectivity index (χ2n) is 4.70. The number of rotatable bonds is 3. The van der Waals surface area contributed by atoms with Gasteiger partial charge in [-0.25, -0.2) is 0 Å². The normalized spacial score (nSPS) is 19.9. The van der Waals surface area contributed by atoms with Crippen molar-refractivity contribution in [2.24, 2.45) is 5.73 Å². The summed E-state index contributed by atoms with van der Waals surface area (Å²) in [4.78, 5) is 2.89. The summed E-state index contributed by atoms with van der Waals surface area (Å²) in [6.45, 7) is 6.87. The molecule has 0 spiro atoms. The maximum Gasteiger partial charge on any atom is 0.103 e. The van der Waals surface area contributed by atoms with E-state index in [4.69, 9.17) is 22.7 Å². The maximum absolute atomic E-state index is 5.66. The topological polar surface area (TPSA) is 38.5 Å². The predicted octanol–water partition coefficient (Wildman–Crippen LogP) is 2.24. The van der Waals surface area contributed by atoms with E-state index in [1.807, 2.05) is 6.07 Å². The van der Waals surface area contributed by atoms with Crippen molar-refractivity contribution < 1.29 is 4.74 Å². The highest BCUT2D eigenvalue weighted by Gasteiger charge is 2.22. The number of nitrogens with two attached hydrogens (primary N) is 1. The molecule has 2 N–H and O–H groups in total. The van der Waals surface area contributed by atoms with Crippen molar-refractivity contribution in [3.63, 3.8) is 0 Å². The molecule has 0 radical (unpaired) electrons. The van der Waals surface area contributed by atoms with Crippen LogP contribution in [0.15, 0.2) is 18.2 Å². The lowest BCUT2D eigenvalue weighted by Crippen LogP contribution is -2.45. The summed E-state index contributed by atoms with van der Waals surface area (Å²) in [5, 5.41) is 0. The Hall–Kier alpha value is -1.13. The molecule has 0 aromatic heterocycles. The van der Waals surface area contributed by atoms with Gasteiger partial charge in [0.15, 0.2) is 0 Å². The number of benzene rings is 1. The van der Waals surface area contributed by atoms with E-state index in [2.05, 4.69) is 30.9 Å². The Bertz CT molecular complexity index is 447. The number of hydrogen-bond acceptors (Lipinski definition) is 3. The van der Waals surface area contributed by atoms with E-state index >= 15 is 0 Å². The molecule has 0 saturated carbocycles. The van der Waals surface area contributed by atoms with Crippen LogP contribution >= 0.6 is 12.2 Å². The van der Waals surface area contributed by atoms with Gasteiger partial charge >= 0.3 is 0 Å². The van der Waals surface area contributed by atoms with E-state index in [0.29, 0.717) is 11.0 Å². The largest absolute Gasteiger partial charge is 0.389 e. The van der Waals surface area contributed by atoms with E-state index in [1.165, 1.54) is 11.3 Å². The van der Waals surface area contributed by atoms with Gasteiger partial charge in [-0.05, 0) is 37.1 Å². The number of anilines is 1. The molecule has 2 rings (SSSR count). The Balaban J connectivity index is 2.29. The molecule has 1 aromatic rings. The van der Waals surface area contributed by atoms with Crippen LogP contribution in [0.1, 0.15) is 24.5 Å². The van der Waals surface area contributed by atoms with Gasteiger partial charge in [0.05, 0.1) is 19.3 Å². The molecule has 98 valence electrons. The van der Waals surface area contributed by atoms with E-state index < -0.39 is 0 Å². The van der Waals surface area contributed by atoms with Gasteiger partial charge in [0.25, 0.3) is 0 Å². The van der Waals surface area contributed by atoms with Crippen LogP contribution < -0.4 is 10.6 Å². The molecule has 1 saturated heterocycles. The summed E-state index contributed by atoms with van der Waals surface area (Å²) in [7, 11) is 0. The molecule has 1 fully saturated rings. The molecule has 1 aromatic carbocycles. The van der Waals surface area contributed by atoms with E-state index in [-0.39, 0.29) is 0 Å². The number of aryl methyl sites for hydroxylation is 1. The lowest BCUT2D eigenvalue weighted by atomic mass is 10.1. The van der Waals surface area contributed by atoms with Crippen molar-refractivity contribution in [1.82, 2.24) is 0 Å². The van der Waals surface area contributed by atoms with Crippen molar-refractivity contribution in [3.8, 4) is 0 Å². The van der Waals surface area contributed by atoms with Crippen LogP contribution in [0.3, 0.4) is 0 Å². The molecule has 4 heteroatoms. The fourth-order valence-corrected chi connectivity index (χ4v) is 2.57. The minimum Gasteiger partial charge on any atom is -0.389 e. The summed E-state index contributed by atoms with van der Waals surface area (Å²) >= 11 is 5.01. The van der Waals surface area contributed by atoms with Crippen LogP contribution in [-0.4, -0.2) is 30.8 Å². The first-order valence-electron chi connectivity index (χ1n) is 6.38. The van der Waals surface area contributed by atoms with E-state index in [9.17, 15) is 0 Å². The van der Waals surface area contributed by atoms with Crippen molar-refractivity contribution in [2.45, 2.75) is 26.3 Å². The Morgan fingerprint density at radius 1 is 1.56 bits per heavy atom. The molecule has 0 amide bonds. The minimum absolute atomic E-state index is 0.457. The fraction of sp³-hybridized carbons (Fsp3) is 0.500. The third-order valence-corrected chi connectivity index (χ3v) is 3.73. The fourth-order valence-electron chi connectivity index (χ4n) is 2.44. The van der Waals surface area contributed by atoms with Crippen LogP contribution in [-0.2, 0) is 4.74 Å². The van der Waals surface area contributed by atoms with Crippen molar-refractivity contribution in [2.75, 3.05) is 24.7 Å². The van der Waals surface area contributed by atoms with Gasteiger partial charge in [0, 0.05) is 17.8 Å². The molecule has 0 aliphatic carbocycles. The first-order chi connectivity index (χ1) is 8.63. The van der Waals surface area contributed by atoms with E-state index in [1.54, 1.807) is 0 Å². The third kappa shape index (κ3) is 2.65. The van der Waals surface area contributed by atoms with Crippen LogP contribution in [0.4, 0.5) is 5.69 Å². The maximum atomic E-state index is 5.66. The third-order valence-electron chi connectivity index (χ3n) is 3.49. The Labute approximate surface area is 114 Å². The number of hydrogen-bond donors (Lipinski definition) is 1. The molecular weight excluding hydrogens is 244 g/mol. The molecule has 1 heterocycles. The summed E-state index contributed by atoms with van der Waals surface area (Å²) in [5.74, 6) is 0. The van der Waals surface area contributed by atoms with Gasteiger partial charge in [-0.15, -0.1) is 0 Å². The monoisotopic (exact) mass is 264 g/mol. The van der Waals surface area contributed by atoms with Gasteiger partial charge in [-0.2, -0.15) is 0 Å². The lowest BCUT2D eigenvalue weighted by molar-refractivity contribution is 0.0929. The highest BCUT2D eigenvalue weighted by Crippen LogP contribution is 2.26. The Kier molecular flexibility index (Phi) is 4.19. The van der Waals surface area contributed by atoms with Crippen molar-refractivity contribution in [1.29, 1.82) is 0 Å². The zero-order valence-electron chi connectivity index (χ0n) is 11.0. The molecule has 1 aliphatic heterocycles. The second-order valence-corrected chi connectivity index (χ2v) is 5.14. The summed E-state index contributed by atoms with van der Waals surface area (Å²) in [5.41, 5.74) is 9.09. The average Bonchev–Trinajstić information content (AvgIpc) is 2.38. The molecule has 0 bridgehead atoms. The Morgan fingerprint density at radius 3 is 2.94 bits per heavy atom. The predicted molar refractivity (Wildman–Crippen MR) is 79.3 cm³/mol. The molecule has 1 aliphatic rings. The average molecular weight is 264 g/mol. The minimum atomic E-state index is 0.457. The second kappa shape index (κ2) is 5.67. The Morgan fingerprint density at radius 2 is 2.33 bits per heavy atom. The molecular formula is C14H20N2OS. The number of thiocarbonyl (C=S) groups is 1. The smallest absolute Gasteiger partial charge is 0.103 e. The van der Waals surface area contributed by atoms with Gasteiger partial charge in [0.1, 0.15) is 4.99 Å². The SMILES string of the molecule is CCC1COCCN1c1ccc(C(N)=S)cc1C. The van der Waals surface area contributed by atoms with Gasteiger partial charge < -0.3 is 15.4 Å². The summed E-state index contributed by atoms with van der Waals surface area (Å²) in [6.07, 6.45) is 1.09. The zero-order chi connectivity index (χ0) is 13.1. The molecule has 1 unspecified atom stereocenters. The molecule has 1 atom stereocenters. The zero-order valence-corrected chi connectivity index (χ0v) is 11.8. The summed E-state index contributed by atoms with van der Waals surface area (Å²) < 4.78 is 5.54. The van der Waals surface area contributed by atoms with Crippen LogP contribution in [0.2, 0.25) is 0 Å². The quantitative estimate of drug-likeness (QED) is 0.850. The van der Waals surface area contributed by atoms with Gasteiger partial charge in [-0.3, -0.25) is 0 Å². The van der Waals surface area contributed by atoms with Gasteiger partial charge in [0.2, 0.25) is 0 Å². The van der Waals surface area contributed by atoms with Crippen LogP contribution in [0, 0.1) is 6.92 Å². The first-order valence-corrected chi connectivity index (χ1v) is 6.79. The molecule has 3 nitrogen and oxygen atoms in total. The van der Waals surface area contributed by atoms with Gasteiger partial charge in [-0.1, -0.05) is 19.1 Å². The molecule has 18 heavy (non-hydrogen) atoms. The number of morpholine rings is 1. The van der Waals surface area contributed by atoms with Crippen LogP contribution in [0.5, 0.6) is 0 Å². The summed E-state index contributed by atoms with van der Waals surface area (Å²) in [6, 6.07) is 6.66. The number of ether oxygens (including phenoxy) is 1. The van der Waals surface area contributed by atoms with Crippen LogP contribution in [0.25, 0.3) is 0 Å². The highest BCUT2D eigenvalue weighted by molar-refractivity contribution is 7.80. The standard InChI is InChI=1S/C14H20N2OS/c1-3-12-9-17-7-6-16(12)13-5-4-11(14(15)18)8-10(13)2/h4-5,8,12H,3,6-7,9H2,1-2H3,(H2,15,18). The van der Waals surface area contributed by atoms with E-state index in [0.717, 1.165) is 31.7 Å². The number of nitrogens with zero attached hydrogens (tertiary/aromatic N) is 1. The lowest BCUT2D eigenvalue weighted by Gasteiger charge is -2.38. The van der Waals surface area contributed by atoms with Crippen molar-refractivity contribution in [3.05, 3.63) is 29.3 Å². The highest BCUT2D eigenvalue weighted by atomic mass is 32.1.